The van der Waals surface area contributed by atoms with Crippen molar-refractivity contribution in [3.05, 3.63) is 49.3 Å². The van der Waals surface area contributed by atoms with Crippen LogP contribution in [0.4, 0.5) is 0 Å². The number of hydrogen-bond donors (Lipinski definition) is 2. The summed E-state index contributed by atoms with van der Waals surface area (Å²) < 4.78 is 11.1. The van der Waals surface area contributed by atoms with Crippen molar-refractivity contribution >= 4 is 0 Å². The molecular formula is C15H18O4. The standard InChI is InChI=1S/C15H18O4/c1-2-13-9-12(17)10-15(19-13)7-8-18-14-5-3-11(16)4-6-14/h2-8,12-13,15-17H,1,9-10H2/b8-7-/t12-,13+,15-/m0/s1. The zero-order chi connectivity index (χ0) is 13.7. The minimum Gasteiger partial charge on any atom is -0.508 e. The Morgan fingerprint density at radius 3 is 2.58 bits per heavy atom. The maximum Gasteiger partial charge on any atom is 0.126 e. The predicted molar refractivity (Wildman–Crippen MR) is 72.0 cm³/mol. The smallest absolute Gasteiger partial charge is 0.126 e. The summed E-state index contributed by atoms with van der Waals surface area (Å²) >= 11 is 0. The number of aliphatic hydroxyl groups is 1. The predicted octanol–water partition coefficient (Wildman–Crippen LogP) is 2.38. The van der Waals surface area contributed by atoms with Gasteiger partial charge < -0.3 is 19.7 Å². The number of rotatable bonds is 4. The third kappa shape index (κ3) is 4.12. The van der Waals surface area contributed by atoms with E-state index in [-0.39, 0.29) is 24.1 Å². The van der Waals surface area contributed by atoms with E-state index >= 15 is 0 Å². The zero-order valence-corrected chi connectivity index (χ0v) is 10.6. The van der Waals surface area contributed by atoms with Crippen LogP contribution in [0.3, 0.4) is 0 Å². The van der Waals surface area contributed by atoms with Crippen molar-refractivity contribution in [3.63, 3.8) is 0 Å². The Morgan fingerprint density at radius 2 is 1.89 bits per heavy atom. The molecule has 0 spiro atoms. The normalized spacial score (nSPS) is 27.3. The highest BCUT2D eigenvalue weighted by atomic mass is 16.5. The largest absolute Gasteiger partial charge is 0.508 e. The third-order valence-electron chi connectivity index (χ3n) is 2.96. The summed E-state index contributed by atoms with van der Waals surface area (Å²) in [5.74, 6) is 0.828. The summed E-state index contributed by atoms with van der Waals surface area (Å²) in [5, 5.41) is 18.8. The van der Waals surface area contributed by atoms with Crippen LogP contribution in [-0.2, 0) is 4.74 Å². The Morgan fingerprint density at radius 1 is 1.21 bits per heavy atom. The van der Waals surface area contributed by atoms with Crippen molar-refractivity contribution in [1.29, 1.82) is 0 Å². The van der Waals surface area contributed by atoms with Crippen molar-refractivity contribution in [3.8, 4) is 11.5 Å². The van der Waals surface area contributed by atoms with Gasteiger partial charge in [0.25, 0.3) is 0 Å². The summed E-state index contributed by atoms with van der Waals surface area (Å²) in [6.45, 7) is 3.67. The highest BCUT2D eigenvalue weighted by Gasteiger charge is 2.24. The second-order valence-corrected chi connectivity index (χ2v) is 4.51. The van der Waals surface area contributed by atoms with Gasteiger partial charge in [-0.1, -0.05) is 6.08 Å². The van der Waals surface area contributed by atoms with E-state index in [9.17, 15) is 5.11 Å². The Bertz CT molecular complexity index is 438. The van der Waals surface area contributed by atoms with Gasteiger partial charge in [0.2, 0.25) is 0 Å². The molecule has 1 fully saturated rings. The molecule has 2 rings (SSSR count). The molecule has 102 valence electrons. The zero-order valence-electron chi connectivity index (χ0n) is 10.6. The number of aromatic hydroxyl groups is 1. The number of aliphatic hydroxyl groups excluding tert-OH is 1. The van der Waals surface area contributed by atoms with Gasteiger partial charge in [-0.2, -0.15) is 0 Å². The first kappa shape index (κ1) is 13.6. The maximum absolute atomic E-state index is 9.70. The number of hydrogen-bond acceptors (Lipinski definition) is 4. The number of benzene rings is 1. The van der Waals surface area contributed by atoms with Crippen LogP contribution < -0.4 is 4.74 Å². The van der Waals surface area contributed by atoms with Crippen LogP contribution in [-0.4, -0.2) is 28.5 Å². The second kappa shape index (κ2) is 6.41. The van der Waals surface area contributed by atoms with Gasteiger partial charge in [-0.15, -0.1) is 6.58 Å². The monoisotopic (exact) mass is 262 g/mol. The summed E-state index contributed by atoms with van der Waals surface area (Å²) in [5.41, 5.74) is 0. The lowest BCUT2D eigenvalue weighted by molar-refractivity contribution is -0.0552. The van der Waals surface area contributed by atoms with Crippen LogP contribution in [0.15, 0.2) is 49.3 Å². The Kier molecular flexibility index (Phi) is 4.60. The minimum absolute atomic E-state index is 0.118. The fourth-order valence-corrected chi connectivity index (χ4v) is 1.97. The quantitative estimate of drug-likeness (QED) is 0.646. The van der Waals surface area contributed by atoms with E-state index in [0.29, 0.717) is 18.6 Å². The Labute approximate surface area is 112 Å². The molecule has 0 aliphatic carbocycles. The molecule has 4 nitrogen and oxygen atoms in total. The van der Waals surface area contributed by atoms with Crippen molar-refractivity contribution in [2.75, 3.05) is 0 Å². The topological polar surface area (TPSA) is 58.9 Å². The SMILES string of the molecule is C=C[C@@H]1C[C@H](O)C[C@H](/C=C\Oc2ccc(O)cc2)O1. The molecule has 0 aromatic heterocycles. The highest BCUT2D eigenvalue weighted by Crippen LogP contribution is 2.21. The second-order valence-electron chi connectivity index (χ2n) is 4.51. The van der Waals surface area contributed by atoms with Crippen molar-refractivity contribution < 1.29 is 19.7 Å². The van der Waals surface area contributed by atoms with Crippen molar-refractivity contribution in [1.82, 2.24) is 0 Å². The molecule has 4 heteroatoms. The molecule has 1 saturated heterocycles. The van der Waals surface area contributed by atoms with E-state index < -0.39 is 0 Å². The molecule has 0 saturated carbocycles. The minimum atomic E-state index is -0.375. The van der Waals surface area contributed by atoms with Crippen molar-refractivity contribution in [2.45, 2.75) is 31.2 Å². The summed E-state index contributed by atoms with van der Waals surface area (Å²) in [6.07, 6.45) is 5.48. The van der Waals surface area contributed by atoms with Crippen LogP contribution in [0, 0.1) is 0 Å². The third-order valence-corrected chi connectivity index (χ3v) is 2.96. The first-order chi connectivity index (χ1) is 9.17. The van der Waals surface area contributed by atoms with E-state index in [1.54, 1.807) is 36.4 Å². The van der Waals surface area contributed by atoms with Gasteiger partial charge in [0.05, 0.1) is 24.6 Å². The van der Waals surface area contributed by atoms with E-state index in [4.69, 9.17) is 14.6 Å². The van der Waals surface area contributed by atoms with E-state index in [1.807, 2.05) is 0 Å². The van der Waals surface area contributed by atoms with Crippen LogP contribution in [0.1, 0.15) is 12.8 Å². The summed E-state index contributed by atoms with van der Waals surface area (Å²) in [4.78, 5) is 0. The van der Waals surface area contributed by atoms with Gasteiger partial charge in [-0.05, 0) is 30.3 Å². The van der Waals surface area contributed by atoms with Gasteiger partial charge >= 0.3 is 0 Å². The molecule has 1 aliphatic rings. The fraction of sp³-hybridized carbons (Fsp3) is 0.333. The maximum atomic E-state index is 9.70. The average Bonchev–Trinajstić information content (AvgIpc) is 2.40. The van der Waals surface area contributed by atoms with Gasteiger partial charge in [-0.3, -0.25) is 0 Å². The molecule has 0 radical (unpaired) electrons. The van der Waals surface area contributed by atoms with Gasteiger partial charge in [0, 0.05) is 12.8 Å². The lowest BCUT2D eigenvalue weighted by Gasteiger charge is -2.29. The molecule has 19 heavy (non-hydrogen) atoms. The lowest BCUT2D eigenvalue weighted by atomic mass is 10.0. The Hall–Kier alpha value is -1.78. The number of ether oxygens (including phenoxy) is 2. The Balaban J connectivity index is 1.87. The van der Waals surface area contributed by atoms with Crippen molar-refractivity contribution in [2.24, 2.45) is 0 Å². The van der Waals surface area contributed by atoms with Gasteiger partial charge in [-0.25, -0.2) is 0 Å². The number of phenols is 1. The highest BCUT2D eigenvalue weighted by molar-refractivity contribution is 5.30. The first-order valence-electron chi connectivity index (χ1n) is 6.26. The molecule has 2 N–H and O–H groups in total. The summed E-state index contributed by atoms with van der Waals surface area (Å²) in [7, 11) is 0. The molecule has 3 atom stereocenters. The molecule has 0 amide bonds. The molecule has 1 aliphatic heterocycles. The number of phenolic OH excluding ortho intramolecular Hbond substituents is 1. The molecule has 1 aromatic rings. The van der Waals surface area contributed by atoms with E-state index in [2.05, 4.69) is 6.58 Å². The lowest BCUT2D eigenvalue weighted by Crippen LogP contribution is -2.33. The molecule has 0 unspecified atom stereocenters. The van der Waals surface area contributed by atoms with Gasteiger partial charge in [0.15, 0.2) is 0 Å². The van der Waals surface area contributed by atoms with Crippen LogP contribution in [0.2, 0.25) is 0 Å². The van der Waals surface area contributed by atoms with Crippen LogP contribution >= 0.6 is 0 Å². The van der Waals surface area contributed by atoms with E-state index in [1.165, 1.54) is 6.26 Å². The molecule has 1 aromatic carbocycles. The van der Waals surface area contributed by atoms with E-state index in [0.717, 1.165) is 0 Å². The van der Waals surface area contributed by atoms with Gasteiger partial charge in [0.1, 0.15) is 11.5 Å². The van der Waals surface area contributed by atoms with Crippen LogP contribution in [0.25, 0.3) is 0 Å². The molecule has 1 heterocycles. The molecule has 0 bridgehead atoms. The van der Waals surface area contributed by atoms with Crippen LogP contribution in [0.5, 0.6) is 11.5 Å². The first-order valence-corrected chi connectivity index (χ1v) is 6.26. The molecular weight excluding hydrogens is 244 g/mol. The average molecular weight is 262 g/mol. The fourth-order valence-electron chi connectivity index (χ4n) is 1.97. The summed E-state index contributed by atoms with van der Waals surface area (Å²) in [6, 6.07) is 6.45.